The Balaban J connectivity index is 1.98. The van der Waals surface area contributed by atoms with Crippen molar-refractivity contribution >= 4 is 28.9 Å². The Morgan fingerprint density at radius 3 is 2.61 bits per heavy atom. The van der Waals surface area contributed by atoms with E-state index in [1.54, 1.807) is 6.92 Å². The lowest BCUT2D eigenvalue weighted by molar-refractivity contribution is -0.116. The van der Waals surface area contributed by atoms with Gasteiger partial charge in [0, 0.05) is 10.7 Å². The molecule has 2 aromatic carbocycles. The first-order valence-electron chi connectivity index (χ1n) is 7.25. The average Bonchev–Trinajstić information content (AvgIpc) is 2.53. The number of amides is 1. The summed E-state index contributed by atoms with van der Waals surface area (Å²) in [5.74, 6) is -0.132. The van der Waals surface area contributed by atoms with Crippen LogP contribution < -0.4 is 15.4 Å². The fourth-order valence-corrected chi connectivity index (χ4v) is 2.14. The highest BCUT2D eigenvalue weighted by atomic mass is 35.5. The maximum atomic E-state index is 13.6. The molecule has 2 rings (SSSR count). The van der Waals surface area contributed by atoms with Crippen LogP contribution in [0, 0.1) is 5.82 Å². The van der Waals surface area contributed by atoms with Gasteiger partial charge in [0.2, 0.25) is 5.91 Å². The molecule has 0 saturated heterocycles. The highest BCUT2D eigenvalue weighted by Crippen LogP contribution is 2.20. The SMILES string of the molecule is CCOc1ccc(N[C@@H](C)C(=O)Nc2cc(Cl)ccc2F)cc1. The molecule has 0 aliphatic heterocycles. The number of hydrogen-bond donors (Lipinski definition) is 2. The quantitative estimate of drug-likeness (QED) is 0.826. The lowest BCUT2D eigenvalue weighted by Crippen LogP contribution is -2.32. The molecule has 2 aromatic rings. The van der Waals surface area contributed by atoms with E-state index in [1.165, 1.54) is 18.2 Å². The first-order valence-corrected chi connectivity index (χ1v) is 7.62. The van der Waals surface area contributed by atoms with E-state index in [4.69, 9.17) is 16.3 Å². The third-order valence-corrected chi connectivity index (χ3v) is 3.36. The maximum absolute atomic E-state index is 13.6. The molecule has 1 amide bonds. The molecule has 2 N–H and O–H groups in total. The van der Waals surface area contributed by atoms with Crippen LogP contribution in [0.4, 0.5) is 15.8 Å². The minimum absolute atomic E-state index is 0.0582. The Kier molecular flexibility index (Phi) is 5.82. The van der Waals surface area contributed by atoms with Crippen LogP contribution in [0.25, 0.3) is 0 Å². The molecule has 0 unspecified atom stereocenters. The number of rotatable bonds is 6. The van der Waals surface area contributed by atoms with Gasteiger partial charge in [-0.2, -0.15) is 0 Å². The second-order valence-electron chi connectivity index (χ2n) is 4.94. The van der Waals surface area contributed by atoms with Crippen molar-refractivity contribution in [3.63, 3.8) is 0 Å². The number of carbonyl (C=O) groups is 1. The summed E-state index contributed by atoms with van der Waals surface area (Å²) in [4.78, 5) is 12.1. The zero-order valence-corrected chi connectivity index (χ0v) is 13.7. The summed E-state index contributed by atoms with van der Waals surface area (Å²) in [6.07, 6.45) is 0. The van der Waals surface area contributed by atoms with Gasteiger partial charge in [0.15, 0.2) is 0 Å². The number of benzene rings is 2. The molecule has 1 atom stereocenters. The highest BCUT2D eigenvalue weighted by Gasteiger charge is 2.15. The van der Waals surface area contributed by atoms with Gasteiger partial charge in [-0.25, -0.2) is 4.39 Å². The highest BCUT2D eigenvalue weighted by molar-refractivity contribution is 6.30. The number of halogens is 2. The van der Waals surface area contributed by atoms with Gasteiger partial charge in [0.25, 0.3) is 0 Å². The van der Waals surface area contributed by atoms with Crippen molar-refractivity contribution in [2.24, 2.45) is 0 Å². The van der Waals surface area contributed by atoms with E-state index in [9.17, 15) is 9.18 Å². The van der Waals surface area contributed by atoms with Crippen molar-refractivity contribution < 1.29 is 13.9 Å². The lowest BCUT2D eigenvalue weighted by atomic mass is 10.2. The normalized spacial score (nSPS) is 11.7. The number of nitrogens with one attached hydrogen (secondary N) is 2. The molecular weight excluding hydrogens is 319 g/mol. The third kappa shape index (κ3) is 4.86. The van der Waals surface area contributed by atoms with Crippen molar-refractivity contribution in [2.45, 2.75) is 19.9 Å². The van der Waals surface area contributed by atoms with E-state index in [2.05, 4.69) is 10.6 Å². The second kappa shape index (κ2) is 7.83. The van der Waals surface area contributed by atoms with Gasteiger partial charge in [-0.05, 0) is 56.3 Å². The van der Waals surface area contributed by atoms with Crippen LogP contribution in [-0.2, 0) is 4.79 Å². The first-order chi connectivity index (χ1) is 11.0. The van der Waals surface area contributed by atoms with Gasteiger partial charge < -0.3 is 15.4 Å². The molecule has 0 fully saturated rings. The van der Waals surface area contributed by atoms with Crippen LogP contribution in [-0.4, -0.2) is 18.6 Å². The van der Waals surface area contributed by atoms with Crippen molar-refractivity contribution in [1.29, 1.82) is 0 Å². The predicted octanol–water partition coefficient (Wildman–Crippen LogP) is 4.32. The van der Waals surface area contributed by atoms with E-state index in [0.717, 1.165) is 11.4 Å². The zero-order valence-electron chi connectivity index (χ0n) is 12.9. The topological polar surface area (TPSA) is 50.4 Å². The van der Waals surface area contributed by atoms with Gasteiger partial charge in [-0.1, -0.05) is 11.6 Å². The Morgan fingerprint density at radius 2 is 1.96 bits per heavy atom. The van der Waals surface area contributed by atoms with Gasteiger partial charge >= 0.3 is 0 Å². The molecule has 0 heterocycles. The summed E-state index contributed by atoms with van der Waals surface area (Å²) in [7, 11) is 0. The molecule has 122 valence electrons. The van der Waals surface area contributed by atoms with Crippen LogP contribution in [0.15, 0.2) is 42.5 Å². The number of anilines is 2. The van der Waals surface area contributed by atoms with Crippen LogP contribution in [0.1, 0.15) is 13.8 Å². The van der Waals surface area contributed by atoms with E-state index in [1.807, 2.05) is 31.2 Å². The summed E-state index contributed by atoms with van der Waals surface area (Å²) in [6, 6.07) is 10.7. The van der Waals surface area contributed by atoms with Crippen LogP contribution >= 0.6 is 11.6 Å². The Bertz CT molecular complexity index is 677. The molecule has 0 bridgehead atoms. The van der Waals surface area contributed by atoms with Crippen LogP contribution in [0.5, 0.6) is 5.75 Å². The minimum atomic E-state index is -0.550. The Hall–Kier alpha value is -2.27. The largest absolute Gasteiger partial charge is 0.494 e. The van der Waals surface area contributed by atoms with Crippen molar-refractivity contribution in [3.05, 3.63) is 53.3 Å². The number of ether oxygens (including phenoxy) is 1. The summed E-state index contributed by atoms with van der Waals surface area (Å²) < 4.78 is 19.0. The van der Waals surface area contributed by atoms with Gasteiger partial charge in [0.05, 0.1) is 12.3 Å². The van der Waals surface area contributed by atoms with Crippen molar-refractivity contribution in [1.82, 2.24) is 0 Å². The molecule has 0 radical (unpaired) electrons. The standard InChI is InChI=1S/C17H18ClFN2O2/c1-3-23-14-7-5-13(6-8-14)20-11(2)17(22)21-16-10-12(18)4-9-15(16)19/h4-11,20H,3H2,1-2H3,(H,21,22)/t11-/m0/s1. The monoisotopic (exact) mass is 336 g/mol. The third-order valence-electron chi connectivity index (χ3n) is 3.13. The number of hydrogen-bond acceptors (Lipinski definition) is 3. The lowest BCUT2D eigenvalue weighted by Gasteiger charge is -2.16. The van der Waals surface area contributed by atoms with E-state index < -0.39 is 11.9 Å². The molecule has 0 aliphatic carbocycles. The van der Waals surface area contributed by atoms with Gasteiger partial charge in [0.1, 0.15) is 17.6 Å². The van der Waals surface area contributed by atoms with Crippen molar-refractivity contribution in [2.75, 3.05) is 17.2 Å². The van der Waals surface area contributed by atoms with E-state index in [-0.39, 0.29) is 11.6 Å². The summed E-state index contributed by atoms with van der Waals surface area (Å²) in [5.41, 5.74) is 0.825. The van der Waals surface area contributed by atoms with E-state index in [0.29, 0.717) is 11.6 Å². The summed E-state index contributed by atoms with van der Waals surface area (Å²) in [5, 5.41) is 5.91. The smallest absolute Gasteiger partial charge is 0.246 e. The van der Waals surface area contributed by atoms with Crippen LogP contribution in [0.3, 0.4) is 0 Å². The first kappa shape index (κ1) is 17.1. The van der Waals surface area contributed by atoms with Crippen LogP contribution in [0.2, 0.25) is 5.02 Å². The summed E-state index contributed by atoms with van der Waals surface area (Å²) in [6.45, 7) is 4.19. The minimum Gasteiger partial charge on any atom is -0.494 e. The molecule has 0 spiro atoms. The molecule has 23 heavy (non-hydrogen) atoms. The average molecular weight is 337 g/mol. The Morgan fingerprint density at radius 1 is 1.26 bits per heavy atom. The maximum Gasteiger partial charge on any atom is 0.246 e. The molecule has 0 saturated carbocycles. The fraction of sp³-hybridized carbons (Fsp3) is 0.235. The zero-order chi connectivity index (χ0) is 16.8. The fourth-order valence-electron chi connectivity index (χ4n) is 1.96. The molecule has 0 aromatic heterocycles. The predicted molar refractivity (Wildman–Crippen MR) is 90.7 cm³/mol. The molecular formula is C17H18ClFN2O2. The second-order valence-corrected chi connectivity index (χ2v) is 5.37. The molecule has 6 heteroatoms. The molecule has 4 nitrogen and oxygen atoms in total. The van der Waals surface area contributed by atoms with Gasteiger partial charge in [-0.3, -0.25) is 4.79 Å². The molecule has 0 aliphatic rings. The number of carbonyl (C=O) groups excluding carboxylic acids is 1. The van der Waals surface area contributed by atoms with Gasteiger partial charge in [-0.15, -0.1) is 0 Å². The van der Waals surface area contributed by atoms with E-state index >= 15 is 0 Å². The van der Waals surface area contributed by atoms with Crippen molar-refractivity contribution in [3.8, 4) is 5.75 Å². The Labute approximate surface area is 139 Å². The summed E-state index contributed by atoms with van der Waals surface area (Å²) >= 11 is 5.80.